The molecule has 0 heterocycles. The number of nitro benzene ring substituents is 1. The van der Waals surface area contributed by atoms with E-state index in [0.29, 0.717) is 34.9 Å². The zero-order valence-corrected chi connectivity index (χ0v) is 32.0. The van der Waals surface area contributed by atoms with Crippen LogP contribution in [0.2, 0.25) is 0 Å². The molecular weight excluding hydrogens is 835 g/mol. The molecule has 25 heteroatoms. The molecule has 0 spiro atoms. The van der Waals surface area contributed by atoms with Crippen molar-refractivity contribution in [2.24, 2.45) is 30.7 Å². The number of nitrogens with zero attached hydrogens (tertiary/aromatic N) is 7. The van der Waals surface area contributed by atoms with Crippen molar-refractivity contribution in [3.05, 3.63) is 113 Å². The summed E-state index contributed by atoms with van der Waals surface area (Å²) >= 11 is 0. The maximum Gasteiger partial charge on any atom is 0.296 e. The first-order valence-corrected chi connectivity index (χ1v) is 20.5. The lowest BCUT2D eigenvalue weighted by Gasteiger charge is -2.14. The van der Waals surface area contributed by atoms with Crippen molar-refractivity contribution < 1.29 is 44.4 Å². The van der Waals surface area contributed by atoms with Crippen molar-refractivity contribution in [2.45, 2.75) is 14.7 Å². The summed E-state index contributed by atoms with van der Waals surface area (Å²) in [7, 11) is -14.5. The number of non-ortho nitro benzene ring substituents is 1. The van der Waals surface area contributed by atoms with Crippen molar-refractivity contribution in [1.82, 2.24) is 0 Å². The van der Waals surface area contributed by atoms with Gasteiger partial charge in [-0.05, 0) is 96.4 Å². The first-order valence-electron chi connectivity index (χ1n) is 16.2. The van der Waals surface area contributed by atoms with Crippen LogP contribution in [0.4, 0.5) is 62.6 Å². The molecule has 59 heavy (non-hydrogen) atoms. The summed E-state index contributed by atoms with van der Waals surface area (Å²) in [6.07, 6.45) is 0. The zero-order chi connectivity index (χ0) is 42.9. The summed E-state index contributed by atoms with van der Waals surface area (Å²) in [5, 5.41) is 44.7. The van der Waals surface area contributed by atoms with E-state index in [1.165, 1.54) is 54.6 Å². The molecule has 0 aromatic heterocycles. The molecule has 0 aliphatic heterocycles. The monoisotopic (exact) mass is 861 g/mol. The third-order valence-electron chi connectivity index (χ3n) is 8.05. The molecule has 6 rings (SSSR count). The first-order chi connectivity index (χ1) is 27.7. The van der Waals surface area contributed by atoms with Crippen LogP contribution in [0.15, 0.2) is 149 Å². The summed E-state index contributed by atoms with van der Waals surface area (Å²) in [4.78, 5) is 8.05. The van der Waals surface area contributed by atoms with Crippen LogP contribution >= 0.6 is 0 Å². The number of fused-ring (bicyclic) bond motifs is 1. The number of phenols is 1. The Morgan fingerprint density at radius 2 is 1.10 bits per heavy atom. The van der Waals surface area contributed by atoms with E-state index < -0.39 is 78.6 Å². The molecule has 0 radical (unpaired) electrons. The van der Waals surface area contributed by atoms with Crippen LogP contribution in [-0.2, 0) is 30.3 Å². The lowest BCUT2D eigenvalue weighted by molar-refractivity contribution is -0.384. The second-order valence-electron chi connectivity index (χ2n) is 12.1. The number of anilines is 4. The lowest BCUT2D eigenvalue weighted by atomic mass is 10.1. The van der Waals surface area contributed by atoms with Gasteiger partial charge in [0.05, 0.1) is 43.6 Å². The predicted molar refractivity (Wildman–Crippen MR) is 214 cm³/mol. The number of nitrogen functional groups attached to an aromatic ring is 3. The molecule has 0 bridgehead atoms. The van der Waals surface area contributed by atoms with Gasteiger partial charge in [-0.2, -0.15) is 32.2 Å². The smallest absolute Gasteiger partial charge is 0.296 e. The number of nitro groups is 1. The van der Waals surface area contributed by atoms with E-state index in [1.54, 1.807) is 12.1 Å². The number of phenolic OH excluding ortho intramolecular Hbond substituents is 1. The quantitative estimate of drug-likeness (QED) is 0.0203. The Morgan fingerprint density at radius 3 is 1.63 bits per heavy atom. The Bertz CT molecular complexity index is 3090. The van der Waals surface area contributed by atoms with Crippen molar-refractivity contribution in [3.8, 4) is 5.75 Å². The number of azo groups is 3. The van der Waals surface area contributed by atoms with E-state index >= 15 is 0 Å². The van der Waals surface area contributed by atoms with E-state index in [2.05, 4.69) is 35.4 Å². The minimum Gasteiger partial charge on any atom is -0.505 e. The van der Waals surface area contributed by atoms with Gasteiger partial charge in [0.1, 0.15) is 26.9 Å². The molecule has 0 saturated heterocycles. The maximum absolute atomic E-state index is 13.1. The third-order valence-corrected chi connectivity index (χ3v) is 11.2. The molecule has 0 aliphatic rings. The molecule has 22 nitrogen and oxygen atoms in total. The van der Waals surface area contributed by atoms with Crippen LogP contribution in [0.25, 0.3) is 10.8 Å². The van der Waals surface area contributed by atoms with Gasteiger partial charge in [0.25, 0.3) is 35.9 Å². The molecule has 0 saturated carbocycles. The van der Waals surface area contributed by atoms with E-state index in [1.807, 2.05) is 0 Å². The fraction of sp³-hybridized carbons (Fsp3) is 0. The molecule has 0 atom stereocenters. The van der Waals surface area contributed by atoms with Crippen LogP contribution in [0.5, 0.6) is 5.75 Å². The van der Waals surface area contributed by atoms with Gasteiger partial charge in [-0.1, -0.05) is 0 Å². The predicted octanol–water partition coefficient (Wildman–Crippen LogP) is 7.74. The molecule has 0 unspecified atom stereocenters. The number of benzene rings is 6. The lowest BCUT2D eigenvalue weighted by Crippen LogP contribution is -2.12. The fourth-order valence-electron chi connectivity index (χ4n) is 5.24. The summed E-state index contributed by atoms with van der Waals surface area (Å²) in [6, 6.07) is 21.3. The summed E-state index contributed by atoms with van der Waals surface area (Å²) in [5.41, 5.74) is 16.9. The highest BCUT2D eigenvalue weighted by Crippen LogP contribution is 2.48. The Morgan fingerprint density at radius 1 is 0.610 bits per heavy atom. The molecule has 302 valence electrons. The van der Waals surface area contributed by atoms with Crippen LogP contribution in [0.1, 0.15) is 0 Å². The Labute approximate surface area is 333 Å². The number of sulfonamides is 1. The molecule has 10 N–H and O–H groups in total. The number of hydrogen-bond donors (Lipinski definition) is 7. The van der Waals surface area contributed by atoms with Crippen LogP contribution in [-0.4, -0.2) is 44.4 Å². The Hall–Kier alpha value is -7.45. The van der Waals surface area contributed by atoms with Gasteiger partial charge >= 0.3 is 0 Å². The minimum absolute atomic E-state index is 0.0122. The summed E-state index contributed by atoms with van der Waals surface area (Å²) < 4.78 is 98.2. The third kappa shape index (κ3) is 9.24. The van der Waals surface area contributed by atoms with Gasteiger partial charge < -0.3 is 22.3 Å². The summed E-state index contributed by atoms with van der Waals surface area (Å²) in [6.45, 7) is 0. The second-order valence-corrected chi connectivity index (χ2v) is 16.6. The van der Waals surface area contributed by atoms with E-state index in [0.717, 1.165) is 24.3 Å². The van der Waals surface area contributed by atoms with Crippen molar-refractivity contribution >= 4 is 104 Å². The molecule has 0 aliphatic carbocycles. The van der Waals surface area contributed by atoms with Crippen LogP contribution in [0, 0.1) is 10.1 Å². The normalized spacial score (nSPS) is 12.5. The Balaban J connectivity index is 1.29. The van der Waals surface area contributed by atoms with Crippen molar-refractivity contribution in [1.29, 1.82) is 0 Å². The van der Waals surface area contributed by atoms with Gasteiger partial charge in [0.2, 0.25) is 0 Å². The second kappa shape index (κ2) is 15.8. The van der Waals surface area contributed by atoms with Crippen LogP contribution < -0.4 is 21.9 Å². The standard InChI is InChI=1S/C34H27N11O11S3/c35-19-1-14-27(26(36)17-19)41-38-20-2-4-23(5-3-20)44-57(49,50)25-12-8-22(9-13-25)40-43-33-29(59(54,55)56)16-18-15-28(58(51,52)53)32(31(37)30(18)34(33)46)42-39-21-6-10-24(11-7-21)45(47)48/h1-17,44,46H,35-37H2,(H,51,52,53)(H,54,55,56). The number of rotatable bonds is 12. The SMILES string of the molecule is Nc1ccc(N=Nc2ccc(NS(=O)(=O)c3ccc(N=Nc4c(S(=O)(=O)O)cc5cc(S(=O)(=O)O)c(N=Nc6ccc([N+](=O)[O-])cc6)c(N)c5c4O)cc3)cc2)c(N)c1. The topological polar surface area (TPSA) is 370 Å². The van der Waals surface area contributed by atoms with Gasteiger partial charge in [-0.25, -0.2) is 8.42 Å². The van der Waals surface area contributed by atoms with E-state index in [9.17, 15) is 49.6 Å². The van der Waals surface area contributed by atoms with Gasteiger partial charge in [0.15, 0.2) is 5.75 Å². The van der Waals surface area contributed by atoms with Gasteiger partial charge in [0, 0.05) is 23.5 Å². The highest BCUT2D eigenvalue weighted by atomic mass is 32.2. The summed E-state index contributed by atoms with van der Waals surface area (Å²) in [5.74, 6) is -1.03. The zero-order valence-electron chi connectivity index (χ0n) is 29.5. The van der Waals surface area contributed by atoms with Crippen molar-refractivity contribution in [3.63, 3.8) is 0 Å². The van der Waals surface area contributed by atoms with Crippen molar-refractivity contribution in [2.75, 3.05) is 21.9 Å². The molecule has 6 aromatic rings. The Kier molecular flexibility index (Phi) is 11.1. The van der Waals surface area contributed by atoms with Gasteiger partial charge in [-0.15, -0.1) is 15.3 Å². The first kappa shape index (κ1) is 41.2. The number of nitrogens with one attached hydrogen (secondary N) is 1. The van der Waals surface area contributed by atoms with Gasteiger partial charge in [-0.3, -0.25) is 23.9 Å². The maximum atomic E-state index is 13.1. The molecule has 0 fully saturated rings. The largest absolute Gasteiger partial charge is 0.505 e. The highest BCUT2D eigenvalue weighted by Gasteiger charge is 2.28. The average molecular weight is 862 g/mol. The van der Waals surface area contributed by atoms with E-state index in [-0.39, 0.29) is 27.6 Å². The average Bonchev–Trinajstić information content (AvgIpc) is 3.16. The fourth-order valence-corrected chi connectivity index (χ4v) is 7.63. The molecule has 0 amide bonds. The minimum atomic E-state index is -5.22. The molecule has 6 aromatic carbocycles. The van der Waals surface area contributed by atoms with Crippen LogP contribution in [0.3, 0.4) is 0 Å². The number of nitrogens with two attached hydrogens (primary N) is 3. The highest BCUT2D eigenvalue weighted by molar-refractivity contribution is 7.92. The van der Waals surface area contributed by atoms with E-state index in [4.69, 9.17) is 17.2 Å². The number of aromatic hydroxyl groups is 1. The number of hydrogen-bond acceptors (Lipinski definition) is 18. The molecular formula is C34H27N11O11S3.